The molecule has 2 amide bonds. The summed E-state index contributed by atoms with van der Waals surface area (Å²) in [4.78, 5) is 26.8. The van der Waals surface area contributed by atoms with Gasteiger partial charge in [0, 0.05) is 22.6 Å². The van der Waals surface area contributed by atoms with Crippen molar-refractivity contribution in [3.8, 4) is 5.69 Å². The van der Waals surface area contributed by atoms with Crippen LogP contribution in [0.4, 0.5) is 10.5 Å². The van der Waals surface area contributed by atoms with Crippen LogP contribution in [0.5, 0.6) is 0 Å². The maximum absolute atomic E-state index is 12.8. The van der Waals surface area contributed by atoms with E-state index >= 15 is 0 Å². The number of hydrogen-bond donors (Lipinski definition) is 0. The maximum atomic E-state index is 12.8. The molecule has 0 bridgehead atoms. The molecule has 6 heteroatoms. The van der Waals surface area contributed by atoms with Gasteiger partial charge in [0.15, 0.2) is 0 Å². The number of aryl methyl sites for hydroxylation is 1. The van der Waals surface area contributed by atoms with E-state index in [4.69, 9.17) is 11.6 Å². The van der Waals surface area contributed by atoms with E-state index < -0.39 is 0 Å². The minimum atomic E-state index is -0.329. The molecule has 0 unspecified atom stereocenters. The van der Waals surface area contributed by atoms with Crippen LogP contribution in [0.3, 0.4) is 0 Å². The molecule has 4 rings (SSSR count). The number of thioether (sulfide) groups is 1. The predicted octanol–water partition coefficient (Wildman–Crippen LogP) is 5.68. The Hall–Kier alpha value is -2.76. The Bertz CT molecular complexity index is 1070. The Morgan fingerprint density at radius 2 is 1.74 bits per heavy atom. The molecule has 1 aliphatic rings. The highest BCUT2D eigenvalue weighted by Gasteiger charge is 2.36. The van der Waals surface area contributed by atoms with Crippen LogP contribution in [0.15, 0.2) is 71.8 Å². The number of amides is 2. The van der Waals surface area contributed by atoms with Crippen molar-refractivity contribution < 1.29 is 9.59 Å². The number of carbonyl (C=O) groups excluding carboxylic acids is 2. The summed E-state index contributed by atoms with van der Waals surface area (Å²) in [7, 11) is 0. The molecule has 2 heterocycles. The van der Waals surface area contributed by atoms with Crippen molar-refractivity contribution in [2.24, 2.45) is 0 Å². The second-order valence-corrected chi connectivity index (χ2v) is 7.57. The number of carbonyl (C=O) groups is 2. The van der Waals surface area contributed by atoms with E-state index in [-0.39, 0.29) is 11.1 Å². The molecule has 0 saturated carbocycles. The zero-order valence-electron chi connectivity index (χ0n) is 14.4. The van der Waals surface area contributed by atoms with Crippen LogP contribution >= 0.6 is 23.4 Å². The van der Waals surface area contributed by atoms with Gasteiger partial charge in [0.25, 0.3) is 11.1 Å². The quantitative estimate of drug-likeness (QED) is 0.536. The van der Waals surface area contributed by atoms with Gasteiger partial charge in [0.2, 0.25) is 0 Å². The first-order chi connectivity index (χ1) is 13.0. The van der Waals surface area contributed by atoms with E-state index in [1.807, 2.05) is 48.0 Å². The predicted molar refractivity (Wildman–Crippen MR) is 110 cm³/mol. The van der Waals surface area contributed by atoms with Crippen LogP contribution in [-0.4, -0.2) is 15.7 Å². The van der Waals surface area contributed by atoms with Gasteiger partial charge in [-0.2, -0.15) is 0 Å². The van der Waals surface area contributed by atoms with Gasteiger partial charge in [-0.25, -0.2) is 4.90 Å². The molecule has 0 atom stereocenters. The van der Waals surface area contributed by atoms with E-state index in [9.17, 15) is 9.59 Å². The van der Waals surface area contributed by atoms with Crippen LogP contribution < -0.4 is 4.90 Å². The second kappa shape index (κ2) is 7.10. The lowest BCUT2D eigenvalue weighted by Gasteiger charge is -2.12. The molecule has 4 nitrogen and oxygen atoms in total. The zero-order valence-corrected chi connectivity index (χ0v) is 16.0. The molecular formula is C21H15ClN2O2S. The SMILES string of the molecule is Cc1cccc(-n2cccc2/C=C2/SC(=O)N(c3ccc(Cl)cc3)C2=O)c1. The fourth-order valence-corrected chi connectivity index (χ4v) is 3.89. The van der Waals surface area contributed by atoms with Crippen LogP contribution in [-0.2, 0) is 4.79 Å². The van der Waals surface area contributed by atoms with Crippen molar-refractivity contribution >= 4 is 46.3 Å². The summed E-state index contributed by atoms with van der Waals surface area (Å²) in [5.41, 5.74) is 3.50. The highest BCUT2D eigenvalue weighted by Crippen LogP contribution is 2.36. The average molecular weight is 395 g/mol. The number of nitrogens with zero attached hydrogens (tertiary/aromatic N) is 2. The smallest absolute Gasteiger partial charge is 0.298 e. The average Bonchev–Trinajstić information content (AvgIpc) is 3.21. The summed E-state index contributed by atoms with van der Waals surface area (Å²) in [6.45, 7) is 2.03. The molecule has 1 aromatic heterocycles. The van der Waals surface area contributed by atoms with Crippen molar-refractivity contribution in [3.05, 3.63) is 88.0 Å². The van der Waals surface area contributed by atoms with Crippen LogP contribution in [0.1, 0.15) is 11.3 Å². The monoisotopic (exact) mass is 394 g/mol. The minimum absolute atomic E-state index is 0.317. The summed E-state index contributed by atoms with van der Waals surface area (Å²) in [6, 6.07) is 18.6. The first-order valence-corrected chi connectivity index (χ1v) is 9.50. The van der Waals surface area contributed by atoms with Gasteiger partial charge in [-0.15, -0.1) is 0 Å². The van der Waals surface area contributed by atoms with Crippen molar-refractivity contribution in [2.75, 3.05) is 4.90 Å². The molecule has 0 N–H and O–H groups in total. The Labute approximate surface area is 166 Å². The van der Waals surface area contributed by atoms with Gasteiger partial charge in [0.1, 0.15) is 0 Å². The van der Waals surface area contributed by atoms with Crippen molar-refractivity contribution in [3.63, 3.8) is 0 Å². The molecule has 2 aromatic carbocycles. The highest BCUT2D eigenvalue weighted by atomic mass is 35.5. The van der Waals surface area contributed by atoms with Gasteiger partial charge in [-0.05, 0) is 78.9 Å². The third-order valence-corrected chi connectivity index (χ3v) is 5.34. The summed E-state index contributed by atoms with van der Waals surface area (Å²) >= 11 is 6.83. The lowest BCUT2D eigenvalue weighted by molar-refractivity contribution is -0.113. The van der Waals surface area contributed by atoms with Gasteiger partial charge in [-0.3, -0.25) is 9.59 Å². The third kappa shape index (κ3) is 3.44. The topological polar surface area (TPSA) is 42.3 Å². The minimum Gasteiger partial charge on any atom is -0.317 e. The Kier molecular flexibility index (Phi) is 4.64. The van der Waals surface area contributed by atoms with Gasteiger partial charge in [0.05, 0.1) is 10.6 Å². The molecular weight excluding hydrogens is 380 g/mol. The maximum Gasteiger partial charge on any atom is 0.298 e. The molecule has 0 spiro atoms. The lowest BCUT2D eigenvalue weighted by atomic mass is 10.2. The first kappa shape index (κ1) is 17.6. The van der Waals surface area contributed by atoms with Crippen molar-refractivity contribution in [2.45, 2.75) is 6.92 Å². The standard InChI is InChI=1S/C21H15ClN2O2S/c1-14-4-2-5-17(12-14)23-11-3-6-18(23)13-19-20(25)24(21(26)27-19)16-9-7-15(22)8-10-16/h2-13H,1H3/b19-13+. The Morgan fingerprint density at radius 1 is 0.963 bits per heavy atom. The van der Waals surface area contributed by atoms with E-state index in [0.717, 1.165) is 28.7 Å². The molecule has 0 aliphatic carbocycles. The van der Waals surface area contributed by atoms with E-state index in [0.29, 0.717) is 15.6 Å². The Balaban J connectivity index is 1.68. The largest absolute Gasteiger partial charge is 0.317 e. The van der Waals surface area contributed by atoms with Crippen LogP contribution in [0, 0.1) is 6.92 Å². The van der Waals surface area contributed by atoms with E-state index in [2.05, 4.69) is 6.07 Å². The number of hydrogen-bond acceptors (Lipinski definition) is 3. The summed E-state index contributed by atoms with van der Waals surface area (Å²) in [5, 5.41) is 0.236. The second-order valence-electron chi connectivity index (χ2n) is 6.14. The van der Waals surface area contributed by atoms with E-state index in [1.165, 1.54) is 4.90 Å². The van der Waals surface area contributed by atoms with Crippen LogP contribution in [0.2, 0.25) is 5.02 Å². The summed E-state index contributed by atoms with van der Waals surface area (Å²) < 4.78 is 1.99. The zero-order chi connectivity index (χ0) is 19.0. The normalized spacial score (nSPS) is 15.8. The van der Waals surface area contributed by atoms with Crippen molar-refractivity contribution in [1.82, 2.24) is 4.57 Å². The molecule has 1 aliphatic heterocycles. The number of anilines is 1. The molecule has 1 fully saturated rings. The van der Waals surface area contributed by atoms with Gasteiger partial charge in [-0.1, -0.05) is 23.7 Å². The molecule has 27 heavy (non-hydrogen) atoms. The highest BCUT2D eigenvalue weighted by molar-refractivity contribution is 8.19. The van der Waals surface area contributed by atoms with Crippen molar-refractivity contribution in [1.29, 1.82) is 0 Å². The molecule has 1 saturated heterocycles. The number of benzene rings is 2. The molecule has 134 valence electrons. The fraction of sp³-hybridized carbons (Fsp3) is 0.0476. The first-order valence-electron chi connectivity index (χ1n) is 8.31. The third-order valence-electron chi connectivity index (χ3n) is 4.22. The Morgan fingerprint density at radius 3 is 2.48 bits per heavy atom. The fourth-order valence-electron chi connectivity index (χ4n) is 2.94. The molecule has 3 aromatic rings. The van der Waals surface area contributed by atoms with Gasteiger partial charge < -0.3 is 4.57 Å². The lowest BCUT2D eigenvalue weighted by Crippen LogP contribution is -2.27. The van der Waals surface area contributed by atoms with E-state index in [1.54, 1.807) is 30.3 Å². The summed E-state index contributed by atoms with van der Waals surface area (Å²) in [5.74, 6) is -0.329. The number of imide groups is 1. The number of halogens is 1. The number of rotatable bonds is 3. The summed E-state index contributed by atoms with van der Waals surface area (Å²) in [6.07, 6.45) is 3.69. The van der Waals surface area contributed by atoms with Crippen LogP contribution in [0.25, 0.3) is 11.8 Å². The van der Waals surface area contributed by atoms with Gasteiger partial charge >= 0.3 is 0 Å². The number of aromatic nitrogens is 1. The molecule has 0 radical (unpaired) electrons.